The van der Waals surface area contributed by atoms with Crippen molar-refractivity contribution in [3.05, 3.63) is 29.8 Å². The van der Waals surface area contributed by atoms with E-state index in [2.05, 4.69) is 30.5 Å². The third-order valence-corrected chi connectivity index (χ3v) is 4.92. The van der Waals surface area contributed by atoms with Crippen LogP contribution < -0.4 is 10.5 Å². The van der Waals surface area contributed by atoms with E-state index in [1.54, 1.807) is 0 Å². The molecule has 0 aromatic heterocycles. The van der Waals surface area contributed by atoms with Crippen molar-refractivity contribution in [3.63, 3.8) is 0 Å². The lowest BCUT2D eigenvalue weighted by Crippen LogP contribution is -2.44. The summed E-state index contributed by atoms with van der Waals surface area (Å²) in [7, 11) is 0. The summed E-state index contributed by atoms with van der Waals surface area (Å²) in [4.78, 5) is 3.01. The third kappa shape index (κ3) is 5.85. The van der Waals surface area contributed by atoms with Gasteiger partial charge in [-0.05, 0) is 31.5 Å². The second-order valence-electron chi connectivity index (χ2n) is 6.02. The molecule has 21 heavy (non-hydrogen) atoms. The molecular weight excluding hydrogens is 300 g/mol. The average Bonchev–Trinajstić information content (AvgIpc) is 2.39. The van der Waals surface area contributed by atoms with Crippen molar-refractivity contribution in [2.75, 3.05) is 32.0 Å². The second kappa shape index (κ2) is 7.47. The summed E-state index contributed by atoms with van der Waals surface area (Å²) < 4.78 is 6.19. The first kappa shape index (κ1) is 16.6. The molecule has 1 saturated heterocycles. The molecule has 1 aromatic carbocycles. The van der Waals surface area contributed by atoms with Gasteiger partial charge in [0.2, 0.25) is 0 Å². The molecule has 0 saturated carbocycles. The van der Waals surface area contributed by atoms with E-state index in [1.807, 2.05) is 24.3 Å². The molecule has 0 bridgehead atoms. The molecule has 0 spiro atoms. The van der Waals surface area contributed by atoms with Gasteiger partial charge in [0.1, 0.15) is 12.4 Å². The van der Waals surface area contributed by atoms with Gasteiger partial charge in [-0.15, -0.1) is 0 Å². The molecule has 1 aliphatic heterocycles. The molecule has 0 atom stereocenters. The van der Waals surface area contributed by atoms with Crippen LogP contribution in [0.3, 0.4) is 0 Å². The summed E-state index contributed by atoms with van der Waals surface area (Å²) in [6.07, 6.45) is 0.649. The number of thiocarbonyl (C=S) groups is 1. The molecular formula is C16H24N2OS2. The Hall–Kier alpha value is -0.780. The summed E-state index contributed by atoms with van der Waals surface area (Å²) in [5, 5.41) is 0. The van der Waals surface area contributed by atoms with Crippen molar-refractivity contribution in [3.8, 4) is 5.75 Å². The Morgan fingerprint density at radius 1 is 1.38 bits per heavy atom. The minimum Gasteiger partial charge on any atom is -0.492 e. The lowest BCUT2D eigenvalue weighted by molar-refractivity contribution is 0.202. The summed E-state index contributed by atoms with van der Waals surface area (Å²) >= 11 is 6.97. The van der Waals surface area contributed by atoms with Crippen molar-refractivity contribution in [1.29, 1.82) is 0 Å². The van der Waals surface area contributed by atoms with Crippen molar-refractivity contribution >= 4 is 29.0 Å². The van der Waals surface area contributed by atoms with Crippen LogP contribution in [0.5, 0.6) is 5.75 Å². The predicted octanol–water partition coefficient (Wildman–Crippen LogP) is 2.72. The smallest absolute Gasteiger partial charge is 0.119 e. The zero-order chi connectivity index (χ0) is 15.3. The normalized spacial score (nSPS) is 18.4. The quantitative estimate of drug-likeness (QED) is 0.815. The van der Waals surface area contributed by atoms with Crippen LogP contribution in [0.2, 0.25) is 0 Å². The summed E-state index contributed by atoms with van der Waals surface area (Å²) in [5.41, 5.74) is 6.67. The number of hydrogen-bond donors (Lipinski definition) is 1. The molecule has 0 aliphatic carbocycles. The van der Waals surface area contributed by atoms with E-state index in [0.29, 0.717) is 16.2 Å². The Balaban J connectivity index is 1.74. The number of benzene rings is 1. The van der Waals surface area contributed by atoms with Gasteiger partial charge in [-0.1, -0.05) is 24.4 Å². The van der Waals surface area contributed by atoms with Crippen LogP contribution in [-0.4, -0.2) is 46.6 Å². The summed E-state index contributed by atoms with van der Waals surface area (Å²) in [6, 6.07) is 8.03. The molecule has 3 nitrogen and oxygen atoms in total. The van der Waals surface area contributed by atoms with Crippen LogP contribution in [0, 0.1) is 0 Å². The summed E-state index contributed by atoms with van der Waals surface area (Å²) in [6.45, 7) is 8.63. The Bertz CT molecular complexity index is 474. The Kier molecular flexibility index (Phi) is 5.90. The SMILES string of the molecule is CC1(C)CN(CCOc2ccc(CC(N)=S)cc2)CCS1. The highest BCUT2D eigenvalue weighted by Gasteiger charge is 2.26. The highest BCUT2D eigenvalue weighted by molar-refractivity contribution is 8.00. The first-order chi connectivity index (χ1) is 9.94. The van der Waals surface area contributed by atoms with Crippen LogP contribution in [0.15, 0.2) is 24.3 Å². The standard InChI is InChI=1S/C16H24N2OS2/c1-16(2)12-18(8-10-21-16)7-9-19-14-5-3-13(4-6-14)11-15(17)20/h3-6H,7-12H2,1-2H3,(H2,17,20). The Labute approximate surface area is 137 Å². The number of nitrogens with zero attached hydrogens (tertiary/aromatic N) is 1. The van der Waals surface area contributed by atoms with E-state index >= 15 is 0 Å². The van der Waals surface area contributed by atoms with E-state index in [4.69, 9.17) is 22.7 Å². The molecule has 0 amide bonds. The fraction of sp³-hybridized carbons (Fsp3) is 0.562. The van der Waals surface area contributed by atoms with Crippen LogP contribution in [0.1, 0.15) is 19.4 Å². The first-order valence-electron chi connectivity index (χ1n) is 7.31. The van der Waals surface area contributed by atoms with Gasteiger partial charge in [0.15, 0.2) is 0 Å². The molecule has 1 aromatic rings. The number of rotatable bonds is 6. The predicted molar refractivity (Wildman–Crippen MR) is 95.4 cm³/mol. The maximum Gasteiger partial charge on any atom is 0.119 e. The number of nitrogens with two attached hydrogens (primary N) is 1. The molecule has 0 unspecified atom stereocenters. The van der Waals surface area contributed by atoms with Crippen LogP contribution >= 0.6 is 24.0 Å². The lowest BCUT2D eigenvalue weighted by Gasteiger charge is -2.37. The fourth-order valence-electron chi connectivity index (χ4n) is 2.50. The van der Waals surface area contributed by atoms with Gasteiger partial charge in [-0.25, -0.2) is 0 Å². The minimum absolute atomic E-state index is 0.362. The molecule has 116 valence electrons. The van der Waals surface area contributed by atoms with E-state index in [1.165, 1.54) is 5.75 Å². The number of hydrogen-bond acceptors (Lipinski definition) is 4. The van der Waals surface area contributed by atoms with Gasteiger partial charge in [-0.3, -0.25) is 4.90 Å². The molecule has 1 heterocycles. The molecule has 1 fully saturated rings. The van der Waals surface area contributed by atoms with E-state index < -0.39 is 0 Å². The van der Waals surface area contributed by atoms with Gasteiger partial charge >= 0.3 is 0 Å². The van der Waals surface area contributed by atoms with Gasteiger partial charge in [0, 0.05) is 36.6 Å². The number of ether oxygens (including phenoxy) is 1. The first-order valence-corrected chi connectivity index (χ1v) is 8.70. The van der Waals surface area contributed by atoms with Gasteiger partial charge in [0.05, 0.1) is 4.99 Å². The van der Waals surface area contributed by atoms with E-state index in [-0.39, 0.29) is 0 Å². The van der Waals surface area contributed by atoms with E-state index in [9.17, 15) is 0 Å². The highest BCUT2D eigenvalue weighted by atomic mass is 32.2. The topological polar surface area (TPSA) is 38.5 Å². The monoisotopic (exact) mass is 324 g/mol. The molecule has 0 radical (unpaired) electrons. The van der Waals surface area contributed by atoms with Crippen LogP contribution in [0.25, 0.3) is 0 Å². The Morgan fingerprint density at radius 2 is 2.10 bits per heavy atom. The third-order valence-electron chi connectivity index (χ3n) is 3.48. The van der Waals surface area contributed by atoms with E-state index in [0.717, 1.165) is 37.6 Å². The molecule has 2 N–H and O–H groups in total. The van der Waals surface area contributed by atoms with Gasteiger partial charge in [-0.2, -0.15) is 11.8 Å². The van der Waals surface area contributed by atoms with Crippen molar-refractivity contribution in [1.82, 2.24) is 4.90 Å². The zero-order valence-electron chi connectivity index (χ0n) is 12.8. The largest absolute Gasteiger partial charge is 0.492 e. The molecule has 1 aliphatic rings. The fourth-order valence-corrected chi connectivity index (χ4v) is 3.85. The number of thioether (sulfide) groups is 1. The van der Waals surface area contributed by atoms with Crippen molar-refractivity contribution in [2.24, 2.45) is 5.73 Å². The average molecular weight is 325 g/mol. The van der Waals surface area contributed by atoms with Crippen LogP contribution in [0.4, 0.5) is 0 Å². The van der Waals surface area contributed by atoms with Crippen molar-refractivity contribution in [2.45, 2.75) is 25.0 Å². The zero-order valence-corrected chi connectivity index (χ0v) is 14.4. The second-order valence-corrected chi connectivity index (χ2v) is 8.35. The maximum atomic E-state index is 5.82. The van der Waals surface area contributed by atoms with Gasteiger partial charge in [0.25, 0.3) is 0 Å². The highest BCUT2D eigenvalue weighted by Crippen LogP contribution is 2.29. The van der Waals surface area contributed by atoms with Gasteiger partial charge < -0.3 is 10.5 Å². The van der Waals surface area contributed by atoms with Crippen molar-refractivity contribution < 1.29 is 4.74 Å². The minimum atomic E-state index is 0.362. The Morgan fingerprint density at radius 3 is 2.71 bits per heavy atom. The van der Waals surface area contributed by atoms with Crippen LogP contribution in [-0.2, 0) is 6.42 Å². The summed E-state index contributed by atoms with van der Waals surface area (Å²) in [5.74, 6) is 2.12. The molecule has 5 heteroatoms. The maximum absolute atomic E-state index is 5.82. The lowest BCUT2D eigenvalue weighted by atomic mass is 10.1. The molecule has 2 rings (SSSR count).